The summed E-state index contributed by atoms with van der Waals surface area (Å²) in [4.78, 5) is 15.1. The van der Waals surface area contributed by atoms with E-state index in [1.54, 1.807) is 0 Å². The fourth-order valence-corrected chi connectivity index (χ4v) is 2.34. The monoisotopic (exact) mass is 313 g/mol. The average Bonchev–Trinajstić information content (AvgIpc) is 2.68. The summed E-state index contributed by atoms with van der Waals surface area (Å²) in [5, 5.41) is 30.4. The van der Waals surface area contributed by atoms with Crippen molar-refractivity contribution in [2.45, 2.75) is 44.0 Å². The van der Waals surface area contributed by atoms with Gasteiger partial charge in [0.1, 0.15) is 12.2 Å². The van der Waals surface area contributed by atoms with Crippen molar-refractivity contribution in [2.75, 3.05) is 5.73 Å². The summed E-state index contributed by atoms with van der Waals surface area (Å²) >= 11 is 0. The molecule has 22 heavy (non-hydrogen) atoms. The van der Waals surface area contributed by atoms with Crippen LogP contribution in [0.25, 0.3) is 0 Å². The number of aliphatic hydroxyl groups is 3. The Bertz CT molecular complexity index is 695. The molecule has 120 valence electrons. The van der Waals surface area contributed by atoms with Crippen molar-refractivity contribution in [3.63, 3.8) is 0 Å². The Labute approximate surface area is 125 Å². The maximum Gasteiger partial charge on any atom is 0.351 e. The third-order valence-electron chi connectivity index (χ3n) is 3.41. The Balaban J connectivity index is 2.59. The van der Waals surface area contributed by atoms with Gasteiger partial charge in [0, 0.05) is 0 Å². The van der Waals surface area contributed by atoms with E-state index >= 15 is 0 Å². The van der Waals surface area contributed by atoms with Gasteiger partial charge in [-0.05, 0) is 13.8 Å². The van der Waals surface area contributed by atoms with Gasteiger partial charge in [-0.2, -0.15) is 4.98 Å². The molecule has 1 aliphatic rings. The van der Waals surface area contributed by atoms with Crippen LogP contribution in [0.3, 0.4) is 0 Å². The molecule has 2 rings (SSSR count). The minimum absolute atomic E-state index is 0.600. The van der Waals surface area contributed by atoms with Gasteiger partial charge in [0.25, 0.3) is 0 Å². The van der Waals surface area contributed by atoms with E-state index in [0.29, 0.717) is 10.8 Å². The Kier molecular flexibility index (Phi) is 4.21. The van der Waals surface area contributed by atoms with E-state index in [1.165, 1.54) is 13.8 Å². The number of halogens is 1. The molecule has 0 radical (unpaired) electrons. The molecule has 2 unspecified atom stereocenters. The second-order valence-corrected chi connectivity index (χ2v) is 5.00. The lowest BCUT2D eigenvalue weighted by Crippen LogP contribution is -2.48. The van der Waals surface area contributed by atoms with Gasteiger partial charge in [0.2, 0.25) is 0 Å². The zero-order chi connectivity index (χ0) is 16.7. The Hall–Kier alpha value is -1.99. The average molecular weight is 313 g/mol. The molecule has 0 amide bonds. The zero-order valence-corrected chi connectivity index (χ0v) is 11.9. The minimum Gasteiger partial charge on any atom is -0.391 e. The van der Waals surface area contributed by atoms with Crippen LogP contribution in [0.4, 0.5) is 10.2 Å². The summed E-state index contributed by atoms with van der Waals surface area (Å²) in [5.41, 5.74) is 1.99. The summed E-state index contributed by atoms with van der Waals surface area (Å²) < 4.78 is 19.5. The molecule has 1 fully saturated rings. The van der Waals surface area contributed by atoms with Crippen molar-refractivity contribution in [3.05, 3.63) is 22.5 Å². The van der Waals surface area contributed by atoms with E-state index < -0.39 is 47.5 Å². The van der Waals surface area contributed by atoms with Crippen molar-refractivity contribution in [1.29, 1.82) is 0 Å². The lowest BCUT2D eigenvalue weighted by atomic mass is 9.93. The first-order valence-corrected chi connectivity index (χ1v) is 6.44. The topological polar surface area (TPSA) is 131 Å². The van der Waals surface area contributed by atoms with Gasteiger partial charge in [0.05, 0.1) is 12.3 Å². The molecular formula is C13H16FN3O5. The third kappa shape index (κ3) is 2.46. The second-order valence-electron chi connectivity index (χ2n) is 5.00. The molecule has 8 nitrogen and oxygen atoms in total. The van der Waals surface area contributed by atoms with Gasteiger partial charge in [-0.1, -0.05) is 5.92 Å². The molecule has 0 saturated carbocycles. The van der Waals surface area contributed by atoms with Crippen molar-refractivity contribution >= 4 is 5.82 Å². The number of aliphatic hydroxyl groups excluding tert-OH is 2. The summed E-state index contributed by atoms with van der Waals surface area (Å²) in [6.07, 6.45) is -4.84. The van der Waals surface area contributed by atoms with Crippen LogP contribution in [0.5, 0.6) is 0 Å². The van der Waals surface area contributed by atoms with Crippen LogP contribution < -0.4 is 11.4 Å². The molecule has 2 heterocycles. The van der Waals surface area contributed by atoms with Crippen LogP contribution in [-0.4, -0.2) is 48.8 Å². The summed E-state index contributed by atoms with van der Waals surface area (Å²) in [6, 6.07) is 0. The SMILES string of the molecule is CC#C[C@@]1(O)C(O)[C@@H]([C@H](C)O)OC1n1cc(F)c(N)nc1=O. The molecule has 9 heteroatoms. The van der Waals surface area contributed by atoms with Crippen LogP contribution in [0.2, 0.25) is 0 Å². The maximum atomic E-state index is 13.6. The number of hydrogen-bond donors (Lipinski definition) is 4. The number of rotatable bonds is 2. The first kappa shape index (κ1) is 16.4. The van der Waals surface area contributed by atoms with Crippen molar-refractivity contribution < 1.29 is 24.4 Å². The third-order valence-corrected chi connectivity index (χ3v) is 3.41. The van der Waals surface area contributed by atoms with E-state index in [4.69, 9.17) is 10.5 Å². The first-order chi connectivity index (χ1) is 10.2. The molecule has 1 aromatic heterocycles. The number of nitrogens with two attached hydrogens (primary N) is 1. The lowest BCUT2D eigenvalue weighted by molar-refractivity contribution is -0.0886. The predicted octanol–water partition coefficient (Wildman–Crippen LogP) is -1.64. The van der Waals surface area contributed by atoms with Crippen molar-refractivity contribution in [3.8, 4) is 11.8 Å². The normalized spacial score (nSPS) is 32.4. The van der Waals surface area contributed by atoms with Gasteiger partial charge in [-0.15, -0.1) is 5.92 Å². The van der Waals surface area contributed by atoms with Gasteiger partial charge in [-0.3, -0.25) is 4.57 Å². The highest BCUT2D eigenvalue weighted by Gasteiger charge is 2.57. The van der Waals surface area contributed by atoms with Gasteiger partial charge in [0.15, 0.2) is 23.5 Å². The van der Waals surface area contributed by atoms with Gasteiger partial charge < -0.3 is 25.8 Å². The molecule has 5 atom stereocenters. The first-order valence-electron chi connectivity index (χ1n) is 6.44. The minimum atomic E-state index is -2.22. The van der Waals surface area contributed by atoms with Crippen molar-refractivity contribution in [2.24, 2.45) is 0 Å². The zero-order valence-electron chi connectivity index (χ0n) is 11.9. The highest BCUT2D eigenvalue weighted by molar-refractivity contribution is 5.28. The Morgan fingerprint density at radius 2 is 2.27 bits per heavy atom. The van der Waals surface area contributed by atoms with Crippen molar-refractivity contribution in [1.82, 2.24) is 9.55 Å². The number of hydrogen-bond acceptors (Lipinski definition) is 7. The van der Waals surface area contributed by atoms with Gasteiger partial charge >= 0.3 is 5.69 Å². The Morgan fingerprint density at radius 3 is 2.82 bits per heavy atom. The van der Waals surface area contributed by atoms with E-state index in [1.807, 2.05) is 0 Å². The molecule has 0 aromatic carbocycles. The number of anilines is 1. The highest BCUT2D eigenvalue weighted by Crippen LogP contribution is 2.38. The Morgan fingerprint density at radius 1 is 1.64 bits per heavy atom. The van der Waals surface area contributed by atoms with E-state index in [0.717, 1.165) is 0 Å². The van der Waals surface area contributed by atoms with Crippen LogP contribution in [0.15, 0.2) is 11.0 Å². The summed E-state index contributed by atoms with van der Waals surface area (Å²) in [7, 11) is 0. The molecule has 0 aliphatic carbocycles. The largest absolute Gasteiger partial charge is 0.391 e. The fraction of sp³-hybridized carbons (Fsp3) is 0.538. The number of ether oxygens (including phenoxy) is 1. The molecule has 1 saturated heterocycles. The smallest absolute Gasteiger partial charge is 0.351 e. The lowest BCUT2D eigenvalue weighted by Gasteiger charge is -2.26. The van der Waals surface area contributed by atoms with Crippen LogP contribution in [0.1, 0.15) is 20.1 Å². The number of aromatic nitrogens is 2. The second kappa shape index (κ2) is 5.66. The van der Waals surface area contributed by atoms with Gasteiger partial charge in [-0.25, -0.2) is 9.18 Å². The maximum absolute atomic E-state index is 13.6. The standard InChI is InChI=1S/C13H16FN3O5/c1-3-4-13(21)9(19)8(6(2)18)22-11(13)17-5-7(14)10(15)16-12(17)20/h5-6,8-9,11,18-19,21H,1-2H3,(H2,15,16,20)/t6-,8+,9?,11?,13+/m0/s1. The molecule has 1 aliphatic heterocycles. The molecular weight excluding hydrogens is 297 g/mol. The van der Waals surface area contributed by atoms with E-state index in [9.17, 15) is 24.5 Å². The highest BCUT2D eigenvalue weighted by atomic mass is 19.1. The molecule has 5 N–H and O–H groups in total. The number of nitrogen functional groups attached to an aromatic ring is 1. The van der Waals surface area contributed by atoms with E-state index in [-0.39, 0.29) is 0 Å². The summed E-state index contributed by atoms with van der Waals surface area (Å²) in [6.45, 7) is 2.74. The predicted molar refractivity (Wildman–Crippen MR) is 72.9 cm³/mol. The van der Waals surface area contributed by atoms with E-state index in [2.05, 4.69) is 16.8 Å². The van der Waals surface area contributed by atoms with Crippen LogP contribution in [-0.2, 0) is 4.74 Å². The van der Waals surface area contributed by atoms with Crippen LogP contribution >= 0.6 is 0 Å². The quantitative estimate of drug-likeness (QED) is 0.482. The number of nitrogens with zero attached hydrogens (tertiary/aromatic N) is 2. The molecule has 0 bridgehead atoms. The summed E-state index contributed by atoms with van der Waals surface area (Å²) in [5.74, 6) is 3.16. The molecule has 0 spiro atoms. The fourth-order valence-electron chi connectivity index (χ4n) is 2.34. The molecule has 1 aromatic rings. The van der Waals surface area contributed by atoms with Crippen LogP contribution in [0, 0.1) is 17.7 Å².